The number of hydrogen-bond acceptors (Lipinski definition) is 13. The van der Waals surface area contributed by atoms with Crippen molar-refractivity contribution in [2.45, 2.75) is 235 Å². The zero-order valence-corrected chi connectivity index (χ0v) is 38.6. The Hall–Kier alpha value is -2.05. The molecule has 0 aromatic carbocycles. The standard InChI is InChI=1S/C49H87NO13/c1-3-5-7-9-11-13-15-16-17-18-19-20-21-22-23-25-27-29-31-33-41(54)50-37(38(53)32-30-28-26-24-14-12-10-8-6-4-2)36-60-48-46(59)44(57)47(40(35-52)62-48)63-49-45(58)43(56)42(55)39(34-51)61-49/h6,8,14,16-17,24,30,32,37-40,42-49,51-53,55-59H,3-5,7,9-13,15,18-23,25-29,31,33-36H2,1-2H3,(H,50,54)/b8-6+,17-16-,24-14+,32-30+. The molecule has 366 valence electrons. The average Bonchev–Trinajstić information content (AvgIpc) is 3.28. The van der Waals surface area contributed by atoms with Gasteiger partial charge in [-0.25, -0.2) is 0 Å². The van der Waals surface area contributed by atoms with Gasteiger partial charge in [0.25, 0.3) is 0 Å². The monoisotopic (exact) mass is 898 g/mol. The lowest BCUT2D eigenvalue weighted by atomic mass is 9.97. The lowest BCUT2D eigenvalue weighted by Crippen LogP contribution is -2.65. The van der Waals surface area contributed by atoms with E-state index in [1.54, 1.807) is 6.08 Å². The third kappa shape index (κ3) is 23.8. The summed E-state index contributed by atoms with van der Waals surface area (Å²) < 4.78 is 22.6. The summed E-state index contributed by atoms with van der Waals surface area (Å²) in [7, 11) is 0. The van der Waals surface area contributed by atoms with Gasteiger partial charge < -0.3 is 65.1 Å². The number of ether oxygens (including phenoxy) is 4. The van der Waals surface area contributed by atoms with Gasteiger partial charge in [-0.1, -0.05) is 140 Å². The van der Waals surface area contributed by atoms with Crippen molar-refractivity contribution in [2.24, 2.45) is 0 Å². The van der Waals surface area contributed by atoms with E-state index in [1.165, 1.54) is 83.5 Å². The van der Waals surface area contributed by atoms with E-state index in [4.69, 9.17) is 18.9 Å². The van der Waals surface area contributed by atoms with Crippen molar-refractivity contribution in [3.63, 3.8) is 0 Å². The van der Waals surface area contributed by atoms with Gasteiger partial charge in [0, 0.05) is 6.42 Å². The van der Waals surface area contributed by atoms with Crippen LogP contribution in [0.3, 0.4) is 0 Å². The maximum absolute atomic E-state index is 13.1. The van der Waals surface area contributed by atoms with E-state index >= 15 is 0 Å². The molecule has 2 heterocycles. The number of amides is 1. The molecule has 14 nitrogen and oxygen atoms in total. The molecule has 63 heavy (non-hydrogen) atoms. The second-order valence-electron chi connectivity index (χ2n) is 17.2. The Labute approximate surface area is 378 Å². The Bertz CT molecular complexity index is 1250. The first-order valence-corrected chi connectivity index (χ1v) is 24.4. The summed E-state index contributed by atoms with van der Waals surface area (Å²) in [6.45, 7) is 2.61. The third-order valence-corrected chi connectivity index (χ3v) is 11.7. The SMILES string of the molecule is CC/C=C/CC/C=C/CC/C=C/C(O)C(COC1OC(CO)C(OC2OC(CO)C(O)C(O)C2O)C(O)C1O)NC(=O)CCCCCCCCCCC/C=C\CCCCCCCC. The van der Waals surface area contributed by atoms with Gasteiger partial charge >= 0.3 is 0 Å². The molecular formula is C49H87NO13. The van der Waals surface area contributed by atoms with E-state index < -0.39 is 86.8 Å². The summed E-state index contributed by atoms with van der Waals surface area (Å²) in [4.78, 5) is 13.1. The van der Waals surface area contributed by atoms with Gasteiger partial charge in [-0.15, -0.1) is 0 Å². The second-order valence-corrected chi connectivity index (χ2v) is 17.2. The highest BCUT2D eigenvalue weighted by atomic mass is 16.7. The Morgan fingerprint density at radius 3 is 1.63 bits per heavy atom. The summed E-state index contributed by atoms with van der Waals surface area (Å²) in [6.07, 6.45) is 24.6. The predicted octanol–water partition coefficient (Wildman–Crippen LogP) is 5.71. The number of aliphatic hydroxyl groups is 8. The van der Waals surface area contributed by atoms with Crippen LogP contribution in [-0.4, -0.2) is 140 Å². The lowest BCUT2D eigenvalue weighted by molar-refractivity contribution is -0.359. The van der Waals surface area contributed by atoms with Crippen molar-refractivity contribution in [1.29, 1.82) is 0 Å². The third-order valence-electron chi connectivity index (χ3n) is 11.7. The number of allylic oxidation sites excluding steroid dienone is 7. The van der Waals surface area contributed by atoms with Gasteiger partial charge in [-0.05, 0) is 64.2 Å². The molecule has 0 saturated carbocycles. The molecule has 2 fully saturated rings. The number of unbranched alkanes of at least 4 members (excludes halogenated alkanes) is 17. The Kier molecular flexibility index (Phi) is 32.7. The highest BCUT2D eigenvalue weighted by Crippen LogP contribution is 2.30. The van der Waals surface area contributed by atoms with Crippen LogP contribution in [0.25, 0.3) is 0 Å². The van der Waals surface area contributed by atoms with Crippen LogP contribution in [0.2, 0.25) is 0 Å². The molecule has 2 rings (SSSR count). The Balaban J connectivity index is 1.83. The van der Waals surface area contributed by atoms with Gasteiger partial charge in [0.05, 0.1) is 32.0 Å². The fraction of sp³-hybridized carbons (Fsp3) is 0.816. The molecule has 12 atom stereocenters. The first-order valence-electron chi connectivity index (χ1n) is 24.4. The lowest BCUT2D eigenvalue weighted by Gasteiger charge is -2.46. The highest BCUT2D eigenvalue weighted by molar-refractivity contribution is 5.76. The summed E-state index contributed by atoms with van der Waals surface area (Å²) in [5.74, 6) is -0.261. The molecule has 1 amide bonds. The van der Waals surface area contributed by atoms with Crippen molar-refractivity contribution in [2.75, 3.05) is 19.8 Å². The minimum atomic E-state index is -1.79. The van der Waals surface area contributed by atoms with Gasteiger partial charge in [0.2, 0.25) is 5.91 Å². The molecule has 0 radical (unpaired) electrons. The zero-order valence-electron chi connectivity index (χ0n) is 38.6. The number of nitrogens with one attached hydrogen (secondary N) is 1. The van der Waals surface area contributed by atoms with Crippen LogP contribution in [0.4, 0.5) is 0 Å². The summed E-state index contributed by atoms with van der Waals surface area (Å²) in [5, 5.41) is 86.4. The van der Waals surface area contributed by atoms with E-state index in [-0.39, 0.29) is 18.9 Å². The van der Waals surface area contributed by atoms with Crippen molar-refractivity contribution in [1.82, 2.24) is 5.32 Å². The largest absolute Gasteiger partial charge is 0.394 e. The molecule has 0 aromatic rings. The highest BCUT2D eigenvalue weighted by Gasteiger charge is 2.51. The average molecular weight is 898 g/mol. The maximum atomic E-state index is 13.1. The Morgan fingerprint density at radius 1 is 0.571 bits per heavy atom. The molecule has 9 N–H and O–H groups in total. The minimum Gasteiger partial charge on any atom is -0.394 e. The van der Waals surface area contributed by atoms with Crippen molar-refractivity contribution in [3.05, 3.63) is 48.6 Å². The van der Waals surface area contributed by atoms with E-state index in [1.807, 2.05) is 6.08 Å². The summed E-state index contributed by atoms with van der Waals surface area (Å²) in [6, 6.07) is -0.936. The molecule has 2 saturated heterocycles. The minimum absolute atomic E-state index is 0.261. The van der Waals surface area contributed by atoms with E-state index in [2.05, 4.69) is 55.6 Å². The topological polar surface area (TPSA) is 228 Å². The van der Waals surface area contributed by atoms with Crippen molar-refractivity contribution in [3.8, 4) is 0 Å². The molecule has 0 spiro atoms. The Morgan fingerprint density at radius 2 is 1.06 bits per heavy atom. The van der Waals surface area contributed by atoms with Crippen LogP contribution in [-0.2, 0) is 23.7 Å². The predicted molar refractivity (Wildman–Crippen MR) is 244 cm³/mol. The number of carbonyl (C=O) groups is 1. The molecule has 2 aliphatic heterocycles. The van der Waals surface area contributed by atoms with Crippen molar-refractivity contribution < 1.29 is 64.6 Å². The molecule has 12 unspecified atom stereocenters. The van der Waals surface area contributed by atoms with Gasteiger partial charge in [0.1, 0.15) is 48.8 Å². The molecule has 14 heteroatoms. The van der Waals surface area contributed by atoms with E-state index in [9.17, 15) is 45.6 Å². The number of hydrogen-bond donors (Lipinski definition) is 9. The zero-order chi connectivity index (χ0) is 46.1. The fourth-order valence-electron chi connectivity index (χ4n) is 7.73. The smallest absolute Gasteiger partial charge is 0.220 e. The fourth-order valence-corrected chi connectivity index (χ4v) is 7.73. The summed E-state index contributed by atoms with van der Waals surface area (Å²) in [5.41, 5.74) is 0. The van der Waals surface area contributed by atoms with Gasteiger partial charge in [-0.2, -0.15) is 0 Å². The van der Waals surface area contributed by atoms with Crippen LogP contribution >= 0.6 is 0 Å². The quantitative estimate of drug-likeness (QED) is 0.0272. The normalized spacial score (nSPS) is 27.9. The van der Waals surface area contributed by atoms with Crippen LogP contribution in [0.1, 0.15) is 162 Å². The molecule has 0 aliphatic carbocycles. The first kappa shape index (κ1) is 57.1. The molecule has 0 bridgehead atoms. The van der Waals surface area contributed by atoms with Crippen LogP contribution in [0.15, 0.2) is 48.6 Å². The van der Waals surface area contributed by atoms with Crippen LogP contribution in [0.5, 0.6) is 0 Å². The molecule has 2 aliphatic rings. The van der Waals surface area contributed by atoms with E-state index in [0.717, 1.165) is 44.9 Å². The van der Waals surface area contributed by atoms with Gasteiger partial charge in [0.15, 0.2) is 12.6 Å². The molecule has 0 aromatic heterocycles. The second kappa shape index (κ2) is 36.1. The number of rotatable bonds is 36. The first-order chi connectivity index (χ1) is 30.6. The number of aliphatic hydroxyl groups excluding tert-OH is 8. The van der Waals surface area contributed by atoms with Crippen LogP contribution < -0.4 is 5.32 Å². The van der Waals surface area contributed by atoms with Gasteiger partial charge in [-0.3, -0.25) is 4.79 Å². The number of carbonyl (C=O) groups excluding carboxylic acids is 1. The van der Waals surface area contributed by atoms with Crippen molar-refractivity contribution >= 4 is 5.91 Å². The summed E-state index contributed by atoms with van der Waals surface area (Å²) >= 11 is 0. The maximum Gasteiger partial charge on any atom is 0.220 e. The molecular weight excluding hydrogens is 811 g/mol. The van der Waals surface area contributed by atoms with Crippen LogP contribution in [0, 0.1) is 0 Å². The van der Waals surface area contributed by atoms with E-state index in [0.29, 0.717) is 12.8 Å².